The molecule has 0 aliphatic carbocycles. The van der Waals surface area contributed by atoms with E-state index in [9.17, 15) is 4.79 Å². The van der Waals surface area contributed by atoms with Crippen molar-refractivity contribution >= 4 is 92.7 Å². The fourth-order valence-corrected chi connectivity index (χ4v) is 4.92. The maximum Gasteiger partial charge on any atom is 0.339 e. The number of thioether (sulfide) groups is 1. The number of hydrazone groups is 1. The second-order valence-electron chi connectivity index (χ2n) is 5.37. The Kier molecular flexibility index (Phi) is 6.84. The minimum atomic E-state index is -0.545. The number of rotatable bonds is 3. The standard InChI is InChI=1S/C17H10Cl5N3OS/c18-9-1-10(19)3-12(2-9)24-17(26)25-23-6-8-7-27-16-13(15(8)22)4-11(20)5-14(16)21/h1-6H,7H2,(H2,24,25,26)/b23-6+. The summed E-state index contributed by atoms with van der Waals surface area (Å²) < 4.78 is 0. The lowest BCUT2D eigenvalue weighted by molar-refractivity contribution is 0.252. The van der Waals surface area contributed by atoms with Crippen molar-refractivity contribution < 1.29 is 4.79 Å². The van der Waals surface area contributed by atoms with Crippen molar-refractivity contribution in [2.75, 3.05) is 11.1 Å². The van der Waals surface area contributed by atoms with Crippen molar-refractivity contribution in [3.63, 3.8) is 0 Å². The largest absolute Gasteiger partial charge is 0.339 e. The number of amides is 2. The Hall–Kier alpha value is -1.08. The number of urea groups is 1. The Morgan fingerprint density at radius 3 is 2.37 bits per heavy atom. The average molecular weight is 482 g/mol. The Labute approximate surface area is 184 Å². The Bertz CT molecular complexity index is 957. The minimum absolute atomic E-state index is 0.411. The average Bonchev–Trinajstić information content (AvgIpc) is 2.56. The highest BCUT2D eigenvalue weighted by molar-refractivity contribution is 7.99. The number of halogens is 5. The zero-order valence-electron chi connectivity index (χ0n) is 13.3. The summed E-state index contributed by atoms with van der Waals surface area (Å²) in [6, 6.07) is 7.57. The van der Waals surface area contributed by atoms with Crippen LogP contribution >= 0.6 is 69.8 Å². The Balaban J connectivity index is 1.69. The van der Waals surface area contributed by atoms with Crippen molar-refractivity contribution in [3.8, 4) is 0 Å². The monoisotopic (exact) mass is 479 g/mol. The van der Waals surface area contributed by atoms with E-state index >= 15 is 0 Å². The molecule has 0 aromatic heterocycles. The van der Waals surface area contributed by atoms with Crippen LogP contribution in [0.2, 0.25) is 20.1 Å². The molecule has 0 spiro atoms. The second-order valence-corrected chi connectivity index (χ2v) is 8.45. The van der Waals surface area contributed by atoms with Crippen molar-refractivity contribution in [1.82, 2.24) is 5.43 Å². The fraction of sp³-hybridized carbons (Fsp3) is 0.0588. The molecule has 0 fully saturated rings. The smallest absolute Gasteiger partial charge is 0.306 e. The van der Waals surface area contributed by atoms with Crippen molar-refractivity contribution in [2.24, 2.45) is 5.10 Å². The van der Waals surface area contributed by atoms with Crippen LogP contribution in [0.1, 0.15) is 5.56 Å². The number of carbonyl (C=O) groups is 1. The van der Waals surface area contributed by atoms with E-state index in [0.717, 1.165) is 16.0 Å². The molecule has 2 aromatic rings. The van der Waals surface area contributed by atoms with Gasteiger partial charge in [-0.15, -0.1) is 11.8 Å². The zero-order chi connectivity index (χ0) is 19.6. The van der Waals surface area contributed by atoms with Crippen LogP contribution in [0.3, 0.4) is 0 Å². The molecule has 140 valence electrons. The molecule has 2 N–H and O–H groups in total. The Morgan fingerprint density at radius 1 is 1.00 bits per heavy atom. The van der Waals surface area contributed by atoms with Crippen molar-refractivity contribution in [2.45, 2.75) is 4.90 Å². The van der Waals surface area contributed by atoms with Gasteiger partial charge in [-0.25, -0.2) is 10.2 Å². The molecule has 0 bridgehead atoms. The number of carbonyl (C=O) groups excluding carboxylic acids is 1. The van der Waals surface area contributed by atoms with E-state index in [-0.39, 0.29) is 0 Å². The van der Waals surface area contributed by atoms with Gasteiger partial charge in [-0.3, -0.25) is 0 Å². The number of benzene rings is 2. The van der Waals surface area contributed by atoms with Crippen LogP contribution in [0.5, 0.6) is 0 Å². The van der Waals surface area contributed by atoms with Crippen molar-refractivity contribution in [3.05, 3.63) is 61.6 Å². The van der Waals surface area contributed by atoms with Gasteiger partial charge in [0.1, 0.15) is 0 Å². The lowest BCUT2D eigenvalue weighted by atomic mass is 10.1. The van der Waals surface area contributed by atoms with Gasteiger partial charge in [0.2, 0.25) is 0 Å². The van der Waals surface area contributed by atoms with Crippen LogP contribution in [-0.2, 0) is 0 Å². The van der Waals surface area contributed by atoms with Gasteiger partial charge in [0, 0.05) is 42.5 Å². The van der Waals surface area contributed by atoms with Gasteiger partial charge in [-0.1, -0.05) is 58.0 Å². The summed E-state index contributed by atoms with van der Waals surface area (Å²) in [6.45, 7) is 0. The van der Waals surface area contributed by atoms with Gasteiger partial charge in [0.05, 0.1) is 16.3 Å². The van der Waals surface area contributed by atoms with Crippen LogP contribution in [0.15, 0.2) is 45.9 Å². The van der Waals surface area contributed by atoms with Crippen molar-refractivity contribution in [1.29, 1.82) is 0 Å². The van der Waals surface area contributed by atoms with Crippen LogP contribution in [0.25, 0.3) is 5.03 Å². The first-order valence-electron chi connectivity index (χ1n) is 7.40. The lowest BCUT2D eigenvalue weighted by Gasteiger charge is -2.18. The number of nitrogens with one attached hydrogen (secondary N) is 2. The molecule has 4 nitrogen and oxygen atoms in total. The molecule has 1 aliphatic rings. The topological polar surface area (TPSA) is 53.5 Å². The first-order valence-corrected chi connectivity index (χ1v) is 10.3. The maximum absolute atomic E-state index is 11.9. The van der Waals surface area contributed by atoms with Gasteiger partial charge in [0.25, 0.3) is 0 Å². The van der Waals surface area contributed by atoms with E-state index in [1.165, 1.54) is 18.0 Å². The Morgan fingerprint density at radius 2 is 1.67 bits per heavy atom. The summed E-state index contributed by atoms with van der Waals surface area (Å²) in [4.78, 5) is 12.8. The molecule has 0 atom stereocenters. The molecular formula is C17H10Cl5N3OS. The highest BCUT2D eigenvalue weighted by atomic mass is 35.5. The molecule has 10 heteroatoms. The van der Waals surface area contributed by atoms with Crippen LogP contribution in [0, 0.1) is 0 Å². The number of nitrogens with zero attached hydrogens (tertiary/aromatic N) is 1. The third-order valence-electron chi connectivity index (χ3n) is 3.41. The number of fused-ring (bicyclic) bond motifs is 1. The van der Waals surface area contributed by atoms with Gasteiger partial charge in [-0.2, -0.15) is 5.10 Å². The van der Waals surface area contributed by atoms with E-state index in [1.807, 2.05) is 0 Å². The van der Waals surface area contributed by atoms with E-state index in [1.54, 1.807) is 30.3 Å². The lowest BCUT2D eigenvalue weighted by Crippen LogP contribution is -2.24. The molecular weight excluding hydrogens is 472 g/mol. The third-order valence-corrected chi connectivity index (χ3v) is 6.10. The zero-order valence-corrected chi connectivity index (χ0v) is 17.9. The van der Waals surface area contributed by atoms with Crippen LogP contribution < -0.4 is 10.7 Å². The fourth-order valence-electron chi connectivity index (χ4n) is 2.30. The molecule has 0 saturated carbocycles. The molecule has 1 heterocycles. The van der Waals surface area contributed by atoms with E-state index < -0.39 is 6.03 Å². The second kappa shape index (κ2) is 8.95. The minimum Gasteiger partial charge on any atom is -0.306 e. The quantitative estimate of drug-likeness (QED) is 0.361. The highest BCUT2D eigenvalue weighted by Gasteiger charge is 2.20. The SMILES string of the molecule is O=C(N/N=C/C1=C(Cl)c2cc(Cl)cc(Cl)c2SC1)Nc1cc(Cl)cc(Cl)c1. The predicted octanol–water partition coefficient (Wildman–Crippen LogP) is 7.16. The molecule has 27 heavy (non-hydrogen) atoms. The first kappa shape index (κ1) is 20.6. The summed E-state index contributed by atoms with van der Waals surface area (Å²) in [5.74, 6) is 0.559. The molecule has 0 unspecified atom stereocenters. The van der Waals surface area contributed by atoms with Gasteiger partial charge in [-0.05, 0) is 30.3 Å². The van der Waals surface area contributed by atoms with E-state index in [2.05, 4.69) is 15.8 Å². The number of anilines is 1. The summed E-state index contributed by atoms with van der Waals surface area (Å²) >= 11 is 32.0. The highest BCUT2D eigenvalue weighted by Crippen LogP contribution is 2.43. The summed E-state index contributed by atoms with van der Waals surface area (Å²) in [6.07, 6.45) is 1.48. The molecule has 1 aliphatic heterocycles. The van der Waals surface area contributed by atoms with Crippen LogP contribution in [0.4, 0.5) is 10.5 Å². The summed E-state index contributed by atoms with van der Waals surface area (Å²) in [5, 5.41) is 8.86. The molecule has 3 rings (SSSR count). The maximum atomic E-state index is 11.9. The molecule has 2 aromatic carbocycles. The first-order chi connectivity index (χ1) is 12.8. The predicted molar refractivity (Wildman–Crippen MR) is 117 cm³/mol. The van der Waals surface area contributed by atoms with Gasteiger partial charge >= 0.3 is 6.03 Å². The molecule has 0 saturated heterocycles. The molecule has 2 amide bonds. The normalized spacial score (nSPS) is 13.7. The van der Waals surface area contributed by atoms with Gasteiger partial charge in [0.15, 0.2) is 0 Å². The number of hydrogen-bond acceptors (Lipinski definition) is 3. The van der Waals surface area contributed by atoms with E-state index in [0.29, 0.717) is 36.6 Å². The third kappa shape index (κ3) is 5.25. The number of hydrogen-bond donors (Lipinski definition) is 2. The summed E-state index contributed by atoms with van der Waals surface area (Å²) in [5.41, 5.74) is 4.29. The van der Waals surface area contributed by atoms with E-state index in [4.69, 9.17) is 58.0 Å². The van der Waals surface area contributed by atoms with Gasteiger partial charge < -0.3 is 5.32 Å². The van der Waals surface area contributed by atoms with Crippen LogP contribution in [-0.4, -0.2) is 18.0 Å². The molecule has 0 radical (unpaired) electrons. The summed E-state index contributed by atoms with van der Waals surface area (Å²) in [7, 11) is 0.